The molecule has 0 unspecified atom stereocenters. The van der Waals surface area contributed by atoms with Crippen LogP contribution in [0.2, 0.25) is 0 Å². The summed E-state index contributed by atoms with van der Waals surface area (Å²) in [7, 11) is 1.51. The summed E-state index contributed by atoms with van der Waals surface area (Å²) >= 11 is 0. The Kier molecular flexibility index (Phi) is 13.6. The first-order chi connectivity index (χ1) is 24.7. The summed E-state index contributed by atoms with van der Waals surface area (Å²) in [5, 5.41) is 8.70. The first-order valence-corrected chi connectivity index (χ1v) is 17.7. The highest BCUT2D eigenvalue weighted by Gasteiger charge is 2.30. The third-order valence-electron chi connectivity index (χ3n) is 9.14. The number of amides is 5. The van der Waals surface area contributed by atoms with Crippen LogP contribution in [-0.4, -0.2) is 109 Å². The van der Waals surface area contributed by atoms with Gasteiger partial charge in [-0.2, -0.15) is 0 Å². The van der Waals surface area contributed by atoms with Gasteiger partial charge in [0.15, 0.2) is 0 Å². The SMILES string of the molecule is CN1CC(=O)N[C@H](Cc2ccccc2)COc2ccccc2C(=O)N[C@H](C(=O)NCCN2CCCCC2)CC(=O)N(Cc2ccccc2)CC1=O. The van der Waals surface area contributed by atoms with Gasteiger partial charge < -0.3 is 35.4 Å². The number of hydrogen-bond acceptors (Lipinski definition) is 7. The van der Waals surface area contributed by atoms with Crippen LogP contribution in [0, 0.1) is 0 Å². The summed E-state index contributed by atoms with van der Waals surface area (Å²) in [6.07, 6.45) is 3.49. The number of hydrogen-bond donors (Lipinski definition) is 3. The van der Waals surface area contributed by atoms with E-state index in [1.165, 1.54) is 23.3 Å². The normalized spacial score (nSPS) is 20.0. The van der Waals surface area contributed by atoms with Gasteiger partial charge in [-0.1, -0.05) is 79.2 Å². The largest absolute Gasteiger partial charge is 0.491 e. The Balaban J connectivity index is 1.42. The average molecular weight is 697 g/mol. The Hall–Kier alpha value is -5.23. The van der Waals surface area contributed by atoms with Crippen LogP contribution < -0.4 is 20.7 Å². The molecule has 0 aromatic heterocycles. The van der Waals surface area contributed by atoms with Gasteiger partial charge in [-0.15, -0.1) is 0 Å². The zero-order valence-corrected chi connectivity index (χ0v) is 29.2. The molecule has 0 aliphatic carbocycles. The van der Waals surface area contributed by atoms with Crippen LogP contribution in [0.3, 0.4) is 0 Å². The van der Waals surface area contributed by atoms with Crippen molar-refractivity contribution in [1.82, 2.24) is 30.7 Å². The standard InChI is InChI=1S/C39H48N6O6/c1-43-26-35(46)41-31(23-29-13-5-2-6-14-29)28-51-34-18-10-9-17-32(34)38(49)42-33(39(50)40-19-22-44-20-11-4-12-21-44)24-36(47)45(27-37(43)48)25-30-15-7-3-8-16-30/h2-3,5-10,13-18,31,33H,4,11-12,19-28H2,1H3,(H,40,50)(H,41,46)(H,42,49)/t31-,33+/m1/s1. The molecule has 5 amide bonds. The van der Waals surface area contributed by atoms with Crippen molar-refractivity contribution in [2.45, 2.75) is 50.7 Å². The van der Waals surface area contributed by atoms with Crippen LogP contribution in [0.1, 0.15) is 47.2 Å². The number of benzene rings is 3. The van der Waals surface area contributed by atoms with Gasteiger partial charge in [-0.05, 0) is 55.6 Å². The zero-order valence-electron chi connectivity index (χ0n) is 29.2. The summed E-state index contributed by atoms with van der Waals surface area (Å²) in [5.74, 6) is -2.17. The van der Waals surface area contributed by atoms with Gasteiger partial charge in [0.05, 0.1) is 24.6 Å². The molecule has 1 saturated heterocycles. The second-order valence-electron chi connectivity index (χ2n) is 13.2. The first-order valence-electron chi connectivity index (χ1n) is 17.7. The summed E-state index contributed by atoms with van der Waals surface area (Å²) in [6.45, 7) is 2.52. The highest BCUT2D eigenvalue weighted by molar-refractivity contribution is 6.01. The molecule has 3 N–H and O–H groups in total. The second-order valence-corrected chi connectivity index (χ2v) is 13.2. The van der Waals surface area contributed by atoms with E-state index in [0.29, 0.717) is 19.5 Å². The fraction of sp³-hybridized carbons (Fsp3) is 0.410. The number of carbonyl (C=O) groups excluding carboxylic acids is 5. The lowest BCUT2D eigenvalue weighted by atomic mass is 10.1. The van der Waals surface area contributed by atoms with Gasteiger partial charge >= 0.3 is 0 Å². The lowest BCUT2D eigenvalue weighted by Crippen LogP contribution is -2.51. The lowest BCUT2D eigenvalue weighted by Gasteiger charge is -2.28. The number of piperidine rings is 1. The Morgan fingerprint density at radius 1 is 0.804 bits per heavy atom. The smallest absolute Gasteiger partial charge is 0.255 e. The number of para-hydroxylation sites is 1. The summed E-state index contributed by atoms with van der Waals surface area (Å²) in [6, 6.07) is 23.8. The third-order valence-corrected chi connectivity index (χ3v) is 9.14. The number of rotatable bonds is 8. The van der Waals surface area contributed by atoms with Crippen LogP contribution >= 0.6 is 0 Å². The minimum Gasteiger partial charge on any atom is -0.491 e. The van der Waals surface area contributed by atoms with Crippen molar-refractivity contribution in [2.24, 2.45) is 0 Å². The number of likely N-dealkylation sites (tertiary alicyclic amines) is 1. The maximum absolute atomic E-state index is 14.0. The van der Waals surface area contributed by atoms with Crippen molar-refractivity contribution in [3.8, 4) is 5.75 Å². The maximum atomic E-state index is 14.0. The predicted molar refractivity (Wildman–Crippen MR) is 193 cm³/mol. The highest BCUT2D eigenvalue weighted by Crippen LogP contribution is 2.20. The summed E-state index contributed by atoms with van der Waals surface area (Å²) in [4.78, 5) is 73.3. The first kappa shape index (κ1) is 37.0. The molecule has 12 heteroatoms. The molecule has 2 aliphatic rings. The van der Waals surface area contributed by atoms with Crippen molar-refractivity contribution < 1.29 is 28.7 Å². The average Bonchev–Trinajstić information content (AvgIpc) is 3.14. The molecule has 2 heterocycles. The van der Waals surface area contributed by atoms with Gasteiger partial charge in [0.2, 0.25) is 23.6 Å². The number of nitrogens with zero attached hydrogens (tertiary/aromatic N) is 3. The Labute approximate surface area is 299 Å². The number of likely N-dealkylation sites (N-methyl/N-ethyl adjacent to an activating group) is 1. The summed E-state index contributed by atoms with van der Waals surface area (Å²) < 4.78 is 6.16. The minimum atomic E-state index is -1.23. The number of carbonyl (C=O) groups is 5. The van der Waals surface area contributed by atoms with E-state index < -0.39 is 41.6 Å². The van der Waals surface area contributed by atoms with E-state index in [1.807, 2.05) is 60.7 Å². The number of nitrogens with one attached hydrogen (secondary N) is 3. The Morgan fingerprint density at radius 2 is 1.47 bits per heavy atom. The monoisotopic (exact) mass is 696 g/mol. The summed E-state index contributed by atoms with van der Waals surface area (Å²) in [5.41, 5.74) is 1.93. The molecule has 5 rings (SSSR count). The van der Waals surface area contributed by atoms with Gasteiger partial charge in [-0.3, -0.25) is 24.0 Å². The molecule has 0 spiro atoms. The maximum Gasteiger partial charge on any atom is 0.255 e. The molecule has 0 bridgehead atoms. The lowest BCUT2D eigenvalue weighted by molar-refractivity contribution is -0.142. The van der Waals surface area contributed by atoms with E-state index >= 15 is 0 Å². The molecular weight excluding hydrogens is 648 g/mol. The molecule has 3 aromatic rings. The molecule has 270 valence electrons. The highest BCUT2D eigenvalue weighted by atomic mass is 16.5. The van der Waals surface area contributed by atoms with Crippen molar-refractivity contribution >= 4 is 29.5 Å². The van der Waals surface area contributed by atoms with Crippen molar-refractivity contribution in [3.05, 3.63) is 102 Å². The van der Waals surface area contributed by atoms with Crippen LogP contribution in [0.15, 0.2) is 84.9 Å². The van der Waals surface area contributed by atoms with Crippen LogP contribution in [0.25, 0.3) is 0 Å². The number of fused-ring (bicyclic) bond motifs is 1. The minimum absolute atomic E-state index is 0.0341. The van der Waals surface area contributed by atoms with Crippen LogP contribution in [-0.2, 0) is 32.1 Å². The van der Waals surface area contributed by atoms with E-state index in [9.17, 15) is 24.0 Å². The molecule has 1 fully saturated rings. The van der Waals surface area contributed by atoms with E-state index in [1.54, 1.807) is 24.3 Å². The van der Waals surface area contributed by atoms with E-state index in [0.717, 1.165) is 37.1 Å². The molecule has 51 heavy (non-hydrogen) atoms. The molecule has 3 aromatic carbocycles. The molecule has 0 radical (unpaired) electrons. The molecule has 2 atom stereocenters. The zero-order chi connectivity index (χ0) is 36.0. The molecule has 0 saturated carbocycles. The van der Waals surface area contributed by atoms with Crippen LogP contribution in [0.5, 0.6) is 5.75 Å². The third kappa shape index (κ3) is 11.4. The van der Waals surface area contributed by atoms with E-state index in [4.69, 9.17) is 4.74 Å². The molecule has 2 aliphatic heterocycles. The van der Waals surface area contributed by atoms with Gasteiger partial charge in [0.25, 0.3) is 5.91 Å². The Morgan fingerprint density at radius 3 is 2.20 bits per heavy atom. The Bertz CT molecular complexity index is 1630. The van der Waals surface area contributed by atoms with Gasteiger partial charge in [0.1, 0.15) is 24.9 Å². The van der Waals surface area contributed by atoms with Crippen molar-refractivity contribution in [2.75, 3.05) is 52.9 Å². The number of ether oxygens (including phenoxy) is 1. The van der Waals surface area contributed by atoms with E-state index in [2.05, 4.69) is 20.9 Å². The van der Waals surface area contributed by atoms with Crippen molar-refractivity contribution in [3.63, 3.8) is 0 Å². The van der Waals surface area contributed by atoms with Crippen LogP contribution in [0.4, 0.5) is 0 Å². The van der Waals surface area contributed by atoms with Gasteiger partial charge in [-0.25, -0.2) is 0 Å². The quantitative estimate of drug-likeness (QED) is 0.329. The topological polar surface area (TPSA) is 140 Å². The molecule has 12 nitrogen and oxygen atoms in total. The fourth-order valence-corrected chi connectivity index (χ4v) is 6.31. The van der Waals surface area contributed by atoms with Crippen molar-refractivity contribution in [1.29, 1.82) is 0 Å². The molecular formula is C39H48N6O6. The second kappa shape index (κ2) is 18.7. The predicted octanol–water partition coefficient (Wildman–Crippen LogP) is 2.38. The fourth-order valence-electron chi connectivity index (χ4n) is 6.31. The van der Waals surface area contributed by atoms with Gasteiger partial charge in [0, 0.05) is 26.7 Å². The van der Waals surface area contributed by atoms with E-state index in [-0.39, 0.29) is 44.0 Å².